The zero-order valence-electron chi connectivity index (χ0n) is 7.24. The highest BCUT2D eigenvalue weighted by atomic mass is 19.4. The van der Waals surface area contributed by atoms with Gasteiger partial charge in [-0.2, -0.15) is 26.3 Å². The minimum absolute atomic E-state index is 0.457. The van der Waals surface area contributed by atoms with Crippen LogP contribution >= 0.6 is 0 Å². The van der Waals surface area contributed by atoms with Crippen molar-refractivity contribution in [2.75, 3.05) is 6.54 Å². The molecule has 0 saturated heterocycles. The van der Waals surface area contributed by atoms with Crippen LogP contribution in [0.2, 0.25) is 0 Å². The van der Waals surface area contributed by atoms with Gasteiger partial charge in [-0.1, -0.05) is 6.08 Å². The fraction of sp³-hybridized carbons (Fsp3) is 0.571. The van der Waals surface area contributed by atoms with Crippen molar-refractivity contribution in [1.82, 2.24) is 5.32 Å². The lowest BCUT2D eigenvalue weighted by Gasteiger charge is -2.21. The summed E-state index contributed by atoms with van der Waals surface area (Å²) in [5, 5.41) is 1.45. The van der Waals surface area contributed by atoms with Crippen LogP contribution in [0.15, 0.2) is 12.7 Å². The third-order valence-electron chi connectivity index (χ3n) is 1.34. The van der Waals surface area contributed by atoms with E-state index >= 15 is 0 Å². The summed E-state index contributed by atoms with van der Waals surface area (Å²) in [6.45, 7) is 2.58. The zero-order valence-corrected chi connectivity index (χ0v) is 7.24. The zero-order chi connectivity index (χ0) is 12.3. The normalized spacial score (nSPS) is 12.7. The van der Waals surface area contributed by atoms with Gasteiger partial charge in [-0.3, -0.25) is 4.79 Å². The summed E-state index contributed by atoms with van der Waals surface area (Å²) in [5.74, 6) is -6.13. The van der Waals surface area contributed by atoms with Gasteiger partial charge in [-0.05, 0) is 0 Å². The Morgan fingerprint density at radius 3 is 1.87 bits per heavy atom. The summed E-state index contributed by atoms with van der Waals surface area (Å²) in [4.78, 5) is 10.6. The largest absolute Gasteiger partial charge is 0.409 e. The van der Waals surface area contributed by atoms with E-state index in [1.807, 2.05) is 0 Å². The van der Waals surface area contributed by atoms with E-state index in [0.29, 0.717) is 0 Å². The number of carbonyl (C=O) groups is 1. The van der Waals surface area contributed by atoms with Gasteiger partial charge in [0.05, 0.1) is 0 Å². The van der Waals surface area contributed by atoms with E-state index in [1.54, 1.807) is 0 Å². The number of carbonyl (C=O) groups excluding carboxylic acids is 1. The van der Waals surface area contributed by atoms with E-state index < -0.39 is 30.7 Å². The first-order valence-electron chi connectivity index (χ1n) is 3.62. The number of halogens is 6. The number of alkyl halides is 6. The molecule has 0 unspecified atom stereocenters. The van der Waals surface area contributed by atoms with Crippen LogP contribution in [0.25, 0.3) is 0 Å². The molecule has 0 rings (SSSR count). The van der Waals surface area contributed by atoms with Crippen molar-refractivity contribution in [3.63, 3.8) is 0 Å². The molecule has 1 N–H and O–H groups in total. The monoisotopic (exact) mass is 235 g/mol. The van der Waals surface area contributed by atoms with Crippen molar-refractivity contribution in [1.29, 1.82) is 0 Å². The average molecular weight is 235 g/mol. The molecule has 0 aliphatic rings. The topological polar surface area (TPSA) is 29.1 Å². The van der Waals surface area contributed by atoms with Gasteiger partial charge in [0.15, 0.2) is 0 Å². The smallest absolute Gasteiger partial charge is 0.352 e. The molecule has 1 amide bonds. The van der Waals surface area contributed by atoms with E-state index in [9.17, 15) is 31.1 Å². The number of nitrogens with one attached hydrogen (secondary N) is 1. The van der Waals surface area contributed by atoms with Crippen molar-refractivity contribution in [2.45, 2.75) is 12.4 Å². The van der Waals surface area contributed by atoms with Gasteiger partial charge in [0.25, 0.3) is 0 Å². The molecule has 0 bridgehead atoms. The van der Waals surface area contributed by atoms with Crippen LogP contribution in [0.4, 0.5) is 26.3 Å². The number of amides is 1. The molecule has 15 heavy (non-hydrogen) atoms. The van der Waals surface area contributed by atoms with Crippen LogP contribution in [-0.2, 0) is 4.79 Å². The van der Waals surface area contributed by atoms with E-state index in [0.717, 1.165) is 6.08 Å². The summed E-state index contributed by atoms with van der Waals surface area (Å²) in [7, 11) is 0. The van der Waals surface area contributed by atoms with Crippen LogP contribution in [0.3, 0.4) is 0 Å². The van der Waals surface area contributed by atoms with E-state index in [-0.39, 0.29) is 0 Å². The Bertz CT molecular complexity index is 229. The van der Waals surface area contributed by atoms with Crippen molar-refractivity contribution >= 4 is 5.91 Å². The Hall–Kier alpha value is -1.21. The molecular formula is C7H7F6NO. The van der Waals surface area contributed by atoms with Crippen LogP contribution in [-0.4, -0.2) is 24.8 Å². The molecule has 0 heterocycles. The molecule has 88 valence electrons. The lowest BCUT2D eigenvalue weighted by atomic mass is 10.1. The lowest BCUT2D eigenvalue weighted by Crippen LogP contribution is -2.47. The van der Waals surface area contributed by atoms with Crippen molar-refractivity contribution < 1.29 is 31.1 Å². The van der Waals surface area contributed by atoms with E-state index in [1.165, 1.54) is 5.32 Å². The number of hydrogen-bond donors (Lipinski definition) is 1. The van der Waals surface area contributed by atoms with E-state index in [2.05, 4.69) is 6.58 Å². The Kier molecular flexibility index (Phi) is 4.17. The van der Waals surface area contributed by atoms with Gasteiger partial charge in [0.2, 0.25) is 11.8 Å². The molecule has 8 heteroatoms. The Morgan fingerprint density at radius 2 is 1.60 bits per heavy atom. The molecule has 0 saturated carbocycles. The summed E-state index contributed by atoms with van der Waals surface area (Å²) in [5.41, 5.74) is 0. The highest BCUT2D eigenvalue weighted by molar-refractivity contribution is 5.80. The maximum absolute atomic E-state index is 11.9. The van der Waals surface area contributed by atoms with Gasteiger partial charge in [0.1, 0.15) is 0 Å². The second-order valence-electron chi connectivity index (χ2n) is 2.55. The standard InChI is InChI=1S/C7H7F6NO/c1-2-3-14-5(15)4(6(8,9)10)7(11,12)13/h2,4H,1,3H2,(H,14,15). The van der Waals surface area contributed by atoms with Gasteiger partial charge in [-0.15, -0.1) is 6.58 Å². The third-order valence-corrected chi connectivity index (χ3v) is 1.34. The predicted molar refractivity (Wildman–Crippen MR) is 38.8 cm³/mol. The predicted octanol–water partition coefficient (Wildman–Crippen LogP) is 2.03. The number of hydrogen-bond acceptors (Lipinski definition) is 1. The molecule has 0 aromatic rings. The molecule has 0 spiro atoms. The molecule has 0 aliphatic heterocycles. The van der Waals surface area contributed by atoms with Crippen molar-refractivity contribution in [3.8, 4) is 0 Å². The highest BCUT2D eigenvalue weighted by Gasteiger charge is 2.60. The molecule has 0 atom stereocenters. The maximum atomic E-state index is 11.9. The second-order valence-corrected chi connectivity index (χ2v) is 2.55. The minimum atomic E-state index is -5.65. The SMILES string of the molecule is C=CCNC(=O)C(C(F)(F)F)C(F)(F)F. The summed E-state index contributed by atoms with van der Waals surface area (Å²) in [6, 6.07) is 0. The Balaban J connectivity index is 4.81. The molecule has 0 aromatic carbocycles. The van der Waals surface area contributed by atoms with Crippen LogP contribution < -0.4 is 5.32 Å². The quantitative estimate of drug-likeness (QED) is 0.588. The molecule has 0 fully saturated rings. The molecule has 0 aliphatic carbocycles. The second kappa shape index (κ2) is 4.54. The minimum Gasteiger partial charge on any atom is -0.352 e. The summed E-state index contributed by atoms with van der Waals surface area (Å²) >= 11 is 0. The summed E-state index contributed by atoms with van der Waals surface area (Å²) in [6.07, 6.45) is -10.3. The molecule has 0 radical (unpaired) electrons. The van der Waals surface area contributed by atoms with Gasteiger partial charge >= 0.3 is 12.4 Å². The Morgan fingerprint density at radius 1 is 1.20 bits per heavy atom. The van der Waals surface area contributed by atoms with Crippen LogP contribution in [0, 0.1) is 5.92 Å². The first-order chi connectivity index (χ1) is 6.60. The third kappa shape index (κ3) is 4.22. The summed E-state index contributed by atoms with van der Waals surface area (Å²) < 4.78 is 71.3. The van der Waals surface area contributed by atoms with Crippen LogP contribution in [0.5, 0.6) is 0 Å². The first-order valence-corrected chi connectivity index (χ1v) is 3.62. The first kappa shape index (κ1) is 13.8. The fourth-order valence-corrected chi connectivity index (χ4v) is 0.758. The Labute approximate surface area is 80.9 Å². The van der Waals surface area contributed by atoms with Crippen molar-refractivity contribution in [2.24, 2.45) is 5.92 Å². The van der Waals surface area contributed by atoms with Gasteiger partial charge in [0, 0.05) is 6.54 Å². The molecule has 2 nitrogen and oxygen atoms in total. The van der Waals surface area contributed by atoms with Gasteiger partial charge in [-0.25, -0.2) is 0 Å². The lowest BCUT2D eigenvalue weighted by molar-refractivity contribution is -0.274. The van der Waals surface area contributed by atoms with Gasteiger partial charge < -0.3 is 5.32 Å². The molecule has 0 aromatic heterocycles. The number of rotatable bonds is 3. The van der Waals surface area contributed by atoms with E-state index in [4.69, 9.17) is 0 Å². The van der Waals surface area contributed by atoms with Crippen molar-refractivity contribution in [3.05, 3.63) is 12.7 Å². The fourth-order valence-electron chi connectivity index (χ4n) is 0.758. The maximum Gasteiger partial charge on any atom is 0.409 e. The average Bonchev–Trinajstić information content (AvgIpc) is 1.94. The van der Waals surface area contributed by atoms with Crippen LogP contribution in [0.1, 0.15) is 0 Å². The highest BCUT2D eigenvalue weighted by Crippen LogP contribution is 2.39. The molecular weight excluding hydrogens is 228 g/mol.